The van der Waals surface area contributed by atoms with Crippen LogP contribution in [-0.2, 0) is 4.79 Å². The first-order valence-electron chi connectivity index (χ1n) is 10.1. The molecule has 2 aromatic rings. The van der Waals surface area contributed by atoms with Crippen LogP contribution in [0, 0.1) is 23.2 Å². The van der Waals surface area contributed by atoms with Gasteiger partial charge in [-0.1, -0.05) is 13.0 Å². The largest absolute Gasteiger partial charge is 0.396 e. The molecule has 2 atom stereocenters. The summed E-state index contributed by atoms with van der Waals surface area (Å²) in [6.45, 7) is 4.69. The van der Waals surface area contributed by atoms with Gasteiger partial charge >= 0.3 is 0 Å². The Balaban J connectivity index is 1.69. The Morgan fingerprint density at radius 1 is 1.34 bits per heavy atom. The third-order valence-electron chi connectivity index (χ3n) is 5.17. The predicted molar refractivity (Wildman–Crippen MR) is 112 cm³/mol. The highest BCUT2D eigenvalue weighted by atomic mass is 16.2. The first-order chi connectivity index (χ1) is 14.1. The lowest BCUT2D eigenvalue weighted by atomic mass is 9.89. The first-order valence-corrected chi connectivity index (χ1v) is 10.1. The van der Waals surface area contributed by atoms with Gasteiger partial charge in [-0.3, -0.25) is 14.8 Å². The van der Waals surface area contributed by atoms with Gasteiger partial charge in [-0.15, -0.1) is 0 Å². The minimum atomic E-state index is -0.0950. The number of aromatic nitrogens is 2. The van der Waals surface area contributed by atoms with E-state index in [1.54, 1.807) is 30.6 Å². The number of nitrogens with one attached hydrogen (secondary N) is 1. The summed E-state index contributed by atoms with van der Waals surface area (Å²) in [7, 11) is 0. The Morgan fingerprint density at radius 3 is 2.90 bits per heavy atom. The maximum absolute atomic E-state index is 12.0. The van der Waals surface area contributed by atoms with E-state index in [4.69, 9.17) is 5.11 Å². The van der Waals surface area contributed by atoms with E-state index in [9.17, 15) is 10.1 Å². The zero-order valence-electron chi connectivity index (χ0n) is 16.7. The van der Waals surface area contributed by atoms with E-state index >= 15 is 0 Å². The molecule has 1 saturated heterocycles. The van der Waals surface area contributed by atoms with Gasteiger partial charge in [0.15, 0.2) is 0 Å². The summed E-state index contributed by atoms with van der Waals surface area (Å²) in [4.78, 5) is 23.1. The van der Waals surface area contributed by atoms with Crippen molar-refractivity contribution in [3.05, 3.63) is 42.2 Å². The fraction of sp³-hybridized carbons (Fsp3) is 0.455. The number of nitriles is 1. The molecule has 1 aromatic heterocycles. The predicted octanol–water partition coefficient (Wildman–Crippen LogP) is 2.41. The molecule has 7 nitrogen and oxygen atoms in total. The lowest BCUT2D eigenvalue weighted by molar-refractivity contribution is -0.116. The van der Waals surface area contributed by atoms with Gasteiger partial charge in [0.05, 0.1) is 11.3 Å². The summed E-state index contributed by atoms with van der Waals surface area (Å²) < 4.78 is 0. The third kappa shape index (κ3) is 5.30. The number of amides is 1. The fourth-order valence-electron chi connectivity index (χ4n) is 3.92. The number of nitrogens with zero attached hydrogens (tertiary/aromatic N) is 4. The number of carbonyl (C=O) groups excluding carboxylic acids is 1. The normalized spacial score (nSPS) is 19.4. The van der Waals surface area contributed by atoms with Gasteiger partial charge in [0, 0.05) is 38.6 Å². The second-order valence-corrected chi connectivity index (χ2v) is 7.62. The number of unbranched alkanes of at least 4 members (excludes halogenated alkanes) is 1. The maximum atomic E-state index is 12.0. The summed E-state index contributed by atoms with van der Waals surface area (Å²) in [6.07, 6.45) is 9.02. The van der Waals surface area contributed by atoms with E-state index in [0.717, 1.165) is 30.7 Å². The van der Waals surface area contributed by atoms with Crippen molar-refractivity contribution >= 4 is 22.6 Å². The van der Waals surface area contributed by atoms with Gasteiger partial charge in [0.25, 0.3) is 0 Å². The number of carbonyl (C=O) groups is 1. The second-order valence-electron chi connectivity index (χ2n) is 7.62. The topological polar surface area (TPSA) is 102 Å². The molecule has 1 fully saturated rings. The molecular formula is C22H27N5O2. The van der Waals surface area contributed by atoms with Crippen LogP contribution in [0.15, 0.2) is 36.7 Å². The van der Waals surface area contributed by atoms with E-state index in [2.05, 4.69) is 33.2 Å². The van der Waals surface area contributed by atoms with Crippen LogP contribution in [0.4, 0.5) is 5.69 Å². The summed E-state index contributed by atoms with van der Waals surface area (Å²) in [5, 5.41) is 21.1. The molecular weight excluding hydrogens is 366 g/mol. The van der Waals surface area contributed by atoms with Crippen LogP contribution in [0.25, 0.3) is 11.0 Å². The molecule has 0 radical (unpaired) electrons. The number of fused-ring (bicyclic) bond motifs is 1. The van der Waals surface area contributed by atoms with E-state index in [0.29, 0.717) is 42.3 Å². The molecule has 0 unspecified atom stereocenters. The van der Waals surface area contributed by atoms with E-state index in [1.807, 2.05) is 6.07 Å². The highest BCUT2D eigenvalue weighted by Crippen LogP contribution is 2.31. The Morgan fingerprint density at radius 2 is 2.14 bits per heavy atom. The van der Waals surface area contributed by atoms with Gasteiger partial charge in [-0.25, -0.2) is 0 Å². The van der Waals surface area contributed by atoms with Crippen LogP contribution in [0.1, 0.15) is 31.7 Å². The van der Waals surface area contributed by atoms with E-state index in [-0.39, 0.29) is 12.5 Å². The van der Waals surface area contributed by atoms with Crippen LogP contribution >= 0.6 is 0 Å². The number of hydrogen-bond donors (Lipinski definition) is 2. The van der Waals surface area contributed by atoms with Crippen molar-refractivity contribution in [2.24, 2.45) is 11.8 Å². The Kier molecular flexibility index (Phi) is 7.14. The van der Waals surface area contributed by atoms with Crippen molar-refractivity contribution in [2.75, 3.05) is 31.1 Å². The van der Waals surface area contributed by atoms with Crippen molar-refractivity contribution in [3.8, 4) is 6.07 Å². The van der Waals surface area contributed by atoms with Gasteiger partial charge in [-0.05, 0) is 49.3 Å². The van der Waals surface area contributed by atoms with Crippen LogP contribution in [0.3, 0.4) is 0 Å². The van der Waals surface area contributed by atoms with Crippen molar-refractivity contribution in [2.45, 2.75) is 26.2 Å². The van der Waals surface area contributed by atoms with Crippen molar-refractivity contribution in [3.63, 3.8) is 0 Å². The Labute approximate surface area is 171 Å². The van der Waals surface area contributed by atoms with E-state index in [1.165, 1.54) is 0 Å². The zero-order chi connectivity index (χ0) is 20.6. The number of aliphatic hydroxyl groups is 1. The minimum absolute atomic E-state index is 0.0950. The number of anilines is 1. The molecule has 1 aliphatic rings. The van der Waals surface area contributed by atoms with Crippen molar-refractivity contribution in [1.29, 1.82) is 5.26 Å². The number of hydrogen-bond acceptors (Lipinski definition) is 6. The summed E-state index contributed by atoms with van der Waals surface area (Å²) in [5.41, 5.74) is 2.89. The van der Waals surface area contributed by atoms with Crippen LogP contribution in [0.2, 0.25) is 0 Å². The van der Waals surface area contributed by atoms with Crippen molar-refractivity contribution < 1.29 is 9.90 Å². The minimum Gasteiger partial charge on any atom is -0.396 e. The molecule has 0 saturated carbocycles. The third-order valence-corrected chi connectivity index (χ3v) is 5.17. The van der Waals surface area contributed by atoms with Crippen molar-refractivity contribution in [1.82, 2.24) is 15.3 Å². The molecule has 1 aliphatic heterocycles. The smallest absolute Gasteiger partial charge is 0.243 e. The molecule has 29 heavy (non-hydrogen) atoms. The molecule has 0 spiro atoms. The van der Waals surface area contributed by atoms with Crippen LogP contribution < -0.4 is 10.2 Å². The van der Waals surface area contributed by atoms with Gasteiger partial charge in [-0.2, -0.15) is 5.26 Å². The first kappa shape index (κ1) is 20.7. The average Bonchev–Trinajstić information content (AvgIpc) is 2.74. The molecule has 0 aliphatic carbocycles. The van der Waals surface area contributed by atoms with Crippen LogP contribution in [0.5, 0.6) is 0 Å². The molecule has 1 amide bonds. The van der Waals surface area contributed by atoms with Gasteiger partial charge in [0.1, 0.15) is 17.1 Å². The quantitative estimate of drug-likeness (QED) is 0.553. The summed E-state index contributed by atoms with van der Waals surface area (Å²) in [5.74, 6) is 0.714. The molecule has 3 rings (SSSR count). The maximum Gasteiger partial charge on any atom is 0.243 e. The lowest BCUT2D eigenvalue weighted by Gasteiger charge is -2.38. The highest BCUT2D eigenvalue weighted by molar-refractivity contribution is 5.92. The standard InChI is InChI=1S/C22H27N5O2/c1-16-11-17(13-26-20(29)5-3-2-4-10-28)15-27(14-16)19-7-6-18(12-23)21-22(19)25-9-8-24-21/h3,5-9,16-17,28H,2,4,10-11,13-15H2,1H3,(H,26,29)/b5-3+/t16-,17-/m0/s1. The average molecular weight is 393 g/mol. The summed E-state index contributed by atoms with van der Waals surface area (Å²) in [6, 6.07) is 5.94. The highest BCUT2D eigenvalue weighted by Gasteiger charge is 2.26. The van der Waals surface area contributed by atoms with Gasteiger partial charge in [0.2, 0.25) is 5.91 Å². The molecule has 0 bridgehead atoms. The number of allylic oxidation sites excluding steroid dienone is 1. The SMILES string of the molecule is C[C@H]1C[C@@H](CNC(=O)/C=C/CCCO)CN(c2ccc(C#N)c3nccnc23)C1. The number of benzene rings is 1. The number of piperidine rings is 1. The Bertz CT molecular complexity index is 921. The lowest BCUT2D eigenvalue weighted by Crippen LogP contribution is -2.44. The second kappa shape index (κ2) is 9.99. The Hall–Kier alpha value is -2.98. The van der Waals surface area contributed by atoms with E-state index < -0.39 is 0 Å². The van der Waals surface area contributed by atoms with Gasteiger partial charge < -0.3 is 15.3 Å². The summed E-state index contributed by atoms with van der Waals surface area (Å²) >= 11 is 0. The van der Waals surface area contributed by atoms with Crippen LogP contribution in [-0.4, -0.2) is 47.2 Å². The molecule has 2 N–H and O–H groups in total. The fourth-order valence-corrected chi connectivity index (χ4v) is 3.92. The molecule has 7 heteroatoms. The monoisotopic (exact) mass is 393 g/mol. The molecule has 152 valence electrons. The molecule has 2 heterocycles. The zero-order valence-corrected chi connectivity index (χ0v) is 16.7. The number of aliphatic hydroxyl groups excluding tert-OH is 1. The number of rotatable bonds is 7. The molecule has 1 aromatic carbocycles.